The lowest BCUT2D eigenvalue weighted by molar-refractivity contribution is -0.147. The van der Waals surface area contributed by atoms with E-state index in [1.165, 1.54) is 0 Å². The van der Waals surface area contributed by atoms with Crippen LogP contribution < -0.4 is 0 Å². The summed E-state index contributed by atoms with van der Waals surface area (Å²) in [5.41, 5.74) is 2.22. The normalized spacial score (nSPS) is 13.3. The minimum Gasteiger partial charge on any atom is -0.466 e. The Morgan fingerprint density at radius 2 is 1.74 bits per heavy atom. The summed E-state index contributed by atoms with van der Waals surface area (Å²) in [6.07, 6.45) is 0.546. The Labute approximate surface area is 140 Å². The van der Waals surface area contributed by atoms with Gasteiger partial charge in [-0.25, -0.2) is 0 Å². The molecule has 122 valence electrons. The SMILES string of the molecule is CCOC(=O)C(Cc1ccccc1C)CS(=O)c1ccccc1. The predicted octanol–water partition coefficient (Wildman–Crippen LogP) is 3.52. The van der Waals surface area contributed by atoms with E-state index in [0.717, 1.165) is 16.0 Å². The summed E-state index contributed by atoms with van der Waals surface area (Å²) in [5.74, 6) is -0.408. The minimum atomic E-state index is -1.22. The number of esters is 1. The summed E-state index contributed by atoms with van der Waals surface area (Å²) in [5, 5.41) is 0. The molecule has 23 heavy (non-hydrogen) atoms. The Kier molecular flexibility index (Phi) is 6.53. The molecule has 0 saturated carbocycles. The van der Waals surface area contributed by atoms with E-state index in [1.807, 2.05) is 61.5 Å². The lowest BCUT2D eigenvalue weighted by atomic mass is 9.97. The molecular formula is C19H22O3S. The van der Waals surface area contributed by atoms with E-state index in [4.69, 9.17) is 4.74 Å². The van der Waals surface area contributed by atoms with Crippen LogP contribution in [0.25, 0.3) is 0 Å². The molecule has 2 unspecified atom stereocenters. The van der Waals surface area contributed by atoms with Crippen LogP contribution in [0.2, 0.25) is 0 Å². The van der Waals surface area contributed by atoms with Gasteiger partial charge in [-0.05, 0) is 43.5 Å². The molecular weight excluding hydrogens is 308 g/mol. The Morgan fingerprint density at radius 1 is 1.09 bits per heavy atom. The molecule has 0 N–H and O–H groups in total. The van der Waals surface area contributed by atoms with Crippen LogP contribution in [0.5, 0.6) is 0 Å². The minimum absolute atomic E-state index is 0.275. The molecule has 0 aliphatic heterocycles. The third kappa shape index (κ3) is 5.03. The van der Waals surface area contributed by atoms with Crippen molar-refractivity contribution in [3.8, 4) is 0 Å². The molecule has 0 aliphatic carbocycles. The summed E-state index contributed by atoms with van der Waals surface area (Å²) >= 11 is 0. The highest BCUT2D eigenvalue weighted by molar-refractivity contribution is 7.85. The Morgan fingerprint density at radius 3 is 2.39 bits per heavy atom. The maximum Gasteiger partial charge on any atom is 0.310 e. The third-order valence-electron chi connectivity index (χ3n) is 3.71. The number of rotatable bonds is 7. The van der Waals surface area contributed by atoms with Crippen molar-refractivity contribution in [2.24, 2.45) is 5.92 Å². The van der Waals surface area contributed by atoms with Gasteiger partial charge < -0.3 is 4.74 Å². The zero-order valence-corrected chi connectivity index (χ0v) is 14.3. The lowest BCUT2D eigenvalue weighted by Crippen LogP contribution is -2.26. The highest BCUT2D eigenvalue weighted by Crippen LogP contribution is 2.18. The fourth-order valence-corrected chi connectivity index (χ4v) is 3.70. The molecule has 0 heterocycles. The predicted molar refractivity (Wildman–Crippen MR) is 92.7 cm³/mol. The van der Waals surface area contributed by atoms with Gasteiger partial charge in [0, 0.05) is 10.6 Å². The van der Waals surface area contributed by atoms with Crippen LogP contribution in [0.1, 0.15) is 18.1 Å². The fourth-order valence-electron chi connectivity index (χ4n) is 2.43. The van der Waals surface area contributed by atoms with Crippen molar-refractivity contribution in [3.63, 3.8) is 0 Å². The fraction of sp³-hybridized carbons (Fsp3) is 0.316. The lowest BCUT2D eigenvalue weighted by Gasteiger charge is -2.16. The average molecular weight is 330 g/mol. The highest BCUT2D eigenvalue weighted by atomic mass is 32.2. The molecule has 3 nitrogen and oxygen atoms in total. The number of hydrogen-bond donors (Lipinski definition) is 0. The molecule has 2 atom stereocenters. The second kappa shape index (κ2) is 8.63. The van der Waals surface area contributed by atoms with Crippen molar-refractivity contribution in [1.29, 1.82) is 0 Å². The topological polar surface area (TPSA) is 43.4 Å². The van der Waals surface area contributed by atoms with E-state index in [1.54, 1.807) is 6.92 Å². The summed E-state index contributed by atoms with van der Waals surface area (Å²) < 4.78 is 17.7. The Hall–Kier alpha value is -1.94. The molecule has 0 radical (unpaired) electrons. The average Bonchev–Trinajstić information content (AvgIpc) is 2.57. The molecule has 0 aliphatic rings. The smallest absolute Gasteiger partial charge is 0.310 e. The van der Waals surface area contributed by atoms with E-state index < -0.39 is 16.7 Å². The van der Waals surface area contributed by atoms with Gasteiger partial charge in [-0.3, -0.25) is 9.00 Å². The van der Waals surface area contributed by atoms with Crippen LogP contribution in [-0.2, 0) is 26.8 Å². The number of carbonyl (C=O) groups is 1. The largest absolute Gasteiger partial charge is 0.466 e. The van der Waals surface area contributed by atoms with Crippen LogP contribution in [0, 0.1) is 12.8 Å². The number of aryl methyl sites for hydroxylation is 1. The Bertz CT molecular complexity index is 667. The number of ether oxygens (including phenoxy) is 1. The van der Waals surface area contributed by atoms with E-state index in [0.29, 0.717) is 13.0 Å². The summed E-state index contributed by atoms with van der Waals surface area (Å²) in [4.78, 5) is 13.0. The van der Waals surface area contributed by atoms with Crippen LogP contribution >= 0.6 is 0 Å². The van der Waals surface area contributed by atoms with Crippen molar-refractivity contribution in [2.45, 2.75) is 25.2 Å². The maximum atomic E-state index is 12.5. The molecule has 0 bridgehead atoms. The van der Waals surface area contributed by atoms with Gasteiger partial charge in [-0.1, -0.05) is 42.5 Å². The van der Waals surface area contributed by atoms with Gasteiger partial charge in [0.05, 0.1) is 23.3 Å². The van der Waals surface area contributed by atoms with E-state index >= 15 is 0 Å². The van der Waals surface area contributed by atoms with Gasteiger partial charge in [-0.2, -0.15) is 0 Å². The van der Waals surface area contributed by atoms with Crippen LogP contribution in [0.15, 0.2) is 59.5 Å². The van der Waals surface area contributed by atoms with Crippen LogP contribution in [-0.4, -0.2) is 22.5 Å². The van der Waals surface area contributed by atoms with E-state index in [-0.39, 0.29) is 11.7 Å². The highest BCUT2D eigenvalue weighted by Gasteiger charge is 2.24. The van der Waals surface area contributed by atoms with Crippen LogP contribution in [0.3, 0.4) is 0 Å². The summed E-state index contributed by atoms with van der Waals surface area (Å²) in [6, 6.07) is 17.2. The maximum absolute atomic E-state index is 12.5. The number of hydrogen-bond acceptors (Lipinski definition) is 3. The molecule has 2 aromatic carbocycles. The second-order valence-corrected chi connectivity index (χ2v) is 6.90. The first kappa shape index (κ1) is 17.4. The molecule has 0 aromatic heterocycles. The molecule has 0 saturated heterocycles. The van der Waals surface area contributed by atoms with Gasteiger partial charge in [0.1, 0.15) is 0 Å². The zero-order valence-electron chi connectivity index (χ0n) is 13.5. The zero-order chi connectivity index (χ0) is 16.7. The summed E-state index contributed by atoms with van der Waals surface area (Å²) in [6.45, 7) is 4.14. The van der Waals surface area contributed by atoms with E-state index in [9.17, 15) is 9.00 Å². The first-order valence-electron chi connectivity index (χ1n) is 7.76. The van der Waals surface area contributed by atoms with Gasteiger partial charge >= 0.3 is 5.97 Å². The van der Waals surface area contributed by atoms with Crippen molar-refractivity contribution in [3.05, 3.63) is 65.7 Å². The van der Waals surface area contributed by atoms with Crippen LogP contribution in [0.4, 0.5) is 0 Å². The molecule has 4 heteroatoms. The number of benzene rings is 2. The van der Waals surface area contributed by atoms with Gasteiger partial charge in [0.2, 0.25) is 0 Å². The second-order valence-electron chi connectivity index (χ2n) is 5.40. The first-order chi connectivity index (χ1) is 11.1. The van der Waals surface area contributed by atoms with Gasteiger partial charge in [0.15, 0.2) is 0 Å². The number of carbonyl (C=O) groups excluding carboxylic acids is 1. The van der Waals surface area contributed by atoms with Crippen molar-refractivity contribution >= 4 is 16.8 Å². The summed E-state index contributed by atoms with van der Waals surface area (Å²) in [7, 11) is -1.22. The molecule has 0 fully saturated rings. The monoisotopic (exact) mass is 330 g/mol. The van der Waals surface area contributed by atoms with Crippen molar-refractivity contribution in [1.82, 2.24) is 0 Å². The van der Waals surface area contributed by atoms with E-state index in [2.05, 4.69) is 0 Å². The third-order valence-corrected chi connectivity index (χ3v) is 5.21. The Balaban J connectivity index is 2.16. The van der Waals surface area contributed by atoms with Gasteiger partial charge in [0.25, 0.3) is 0 Å². The molecule has 2 aromatic rings. The van der Waals surface area contributed by atoms with Crippen molar-refractivity contribution < 1.29 is 13.7 Å². The molecule has 0 spiro atoms. The first-order valence-corrected chi connectivity index (χ1v) is 9.08. The molecule has 0 amide bonds. The standard InChI is InChI=1S/C19H22O3S/c1-3-22-19(20)17(13-16-10-8-7-9-15(16)2)14-23(21)18-11-5-4-6-12-18/h4-12,17H,3,13-14H2,1-2H3. The van der Waals surface area contributed by atoms with Gasteiger partial charge in [-0.15, -0.1) is 0 Å². The quantitative estimate of drug-likeness (QED) is 0.730. The molecule has 2 rings (SSSR count). The van der Waals surface area contributed by atoms with Crippen molar-refractivity contribution in [2.75, 3.05) is 12.4 Å².